The number of rotatable bonds is 5. The number of hydrogen-bond acceptors (Lipinski definition) is 2. The van der Waals surface area contributed by atoms with Crippen LogP contribution in [0.2, 0.25) is 0 Å². The van der Waals surface area contributed by atoms with Crippen molar-refractivity contribution in [2.45, 2.75) is 71.6 Å². The van der Waals surface area contributed by atoms with Crippen LogP contribution in [0.1, 0.15) is 53.4 Å². The normalized spacial score (nSPS) is 28.5. The van der Waals surface area contributed by atoms with E-state index in [1.54, 1.807) is 0 Å². The summed E-state index contributed by atoms with van der Waals surface area (Å²) in [6.07, 6.45) is 4.42. The highest BCUT2D eigenvalue weighted by atomic mass is 16.2. The zero-order valence-corrected chi connectivity index (χ0v) is 10.4. The maximum absolute atomic E-state index is 12.1. The van der Waals surface area contributed by atoms with E-state index in [0.29, 0.717) is 11.9 Å². The van der Waals surface area contributed by atoms with E-state index in [1.807, 2.05) is 0 Å². The first kappa shape index (κ1) is 12.5. The number of amides is 1. The minimum Gasteiger partial charge on any atom is -0.323 e. The smallest absolute Gasteiger partial charge is 0.241 e. The number of nitrogens with one attached hydrogen (secondary N) is 1. The van der Waals surface area contributed by atoms with Crippen LogP contribution >= 0.6 is 0 Å². The lowest BCUT2D eigenvalue weighted by molar-refractivity contribution is -0.132. The maximum Gasteiger partial charge on any atom is 0.241 e. The van der Waals surface area contributed by atoms with Gasteiger partial charge < -0.3 is 4.90 Å². The minimum absolute atomic E-state index is 0.0471. The second-order valence-corrected chi connectivity index (χ2v) is 4.40. The highest BCUT2D eigenvalue weighted by molar-refractivity contribution is 5.84. The molecule has 1 heterocycles. The standard InChI is InChI=1S/C12H24N2O/c1-5-8-10(6-2)14-9(4)13-11(7-3)12(14)15/h9-11,13H,5-8H2,1-4H3. The Bertz CT molecular complexity index is 218. The lowest BCUT2D eigenvalue weighted by Gasteiger charge is -2.30. The number of carbonyl (C=O) groups excluding carboxylic acids is 1. The SMILES string of the molecule is CCCC(CC)N1C(=O)C(CC)NC1C. The van der Waals surface area contributed by atoms with Crippen LogP contribution in [0.15, 0.2) is 0 Å². The third kappa shape index (κ3) is 2.51. The summed E-state index contributed by atoms with van der Waals surface area (Å²) in [7, 11) is 0. The second kappa shape index (κ2) is 5.50. The third-order valence-electron chi connectivity index (χ3n) is 3.31. The first-order chi connectivity index (χ1) is 7.15. The monoisotopic (exact) mass is 212 g/mol. The molecule has 1 rings (SSSR count). The molecule has 0 radical (unpaired) electrons. The molecule has 1 aliphatic rings. The quantitative estimate of drug-likeness (QED) is 0.757. The molecular weight excluding hydrogens is 188 g/mol. The molecule has 0 bridgehead atoms. The van der Waals surface area contributed by atoms with Crippen LogP contribution in [0.4, 0.5) is 0 Å². The Morgan fingerprint density at radius 3 is 2.47 bits per heavy atom. The van der Waals surface area contributed by atoms with Crippen molar-refractivity contribution in [2.75, 3.05) is 0 Å². The Morgan fingerprint density at radius 2 is 2.07 bits per heavy atom. The van der Waals surface area contributed by atoms with Crippen LogP contribution in [0.25, 0.3) is 0 Å². The van der Waals surface area contributed by atoms with Gasteiger partial charge in [-0.1, -0.05) is 27.2 Å². The zero-order chi connectivity index (χ0) is 11.4. The van der Waals surface area contributed by atoms with Crippen molar-refractivity contribution in [3.63, 3.8) is 0 Å². The molecule has 1 N–H and O–H groups in total. The van der Waals surface area contributed by atoms with Crippen LogP contribution < -0.4 is 5.32 Å². The Balaban J connectivity index is 2.70. The summed E-state index contributed by atoms with van der Waals surface area (Å²) >= 11 is 0. The minimum atomic E-state index is 0.0471. The van der Waals surface area contributed by atoms with Crippen molar-refractivity contribution in [3.05, 3.63) is 0 Å². The molecule has 1 aliphatic heterocycles. The van der Waals surface area contributed by atoms with Gasteiger partial charge in [-0.05, 0) is 26.2 Å². The van der Waals surface area contributed by atoms with E-state index in [0.717, 1.165) is 25.7 Å². The van der Waals surface area contributed by atoms with Crippen molar-refractivity contribution in [1.29, 1.82) is 0 Å². The largest absolute Gasteiger partial charge is 0.323 e. The maximum atomic E-state index is 12.1. The summed E-state index contributed by atoms with van der Waals surface area (Å²) in [5.74, 6) is 0.297. The predicted octanol–water partition coefficient (Wildman–Crippen LogP) is 2.12. The molecule has 3 atom stereocenters. The molecule has 1 amide bonds. The summed E-state index contributed by atoms with van der Waals surface area (Å²) in [5, 5.41) is 3.35. The predicted molar refractivity (Wildman–Crippen MR) is 62.5 cm³/mol. The van der Waals surface area contributed by atoms with Gasteiger partial charge in [0.1, 0.15) is 0 Å². The van der Waals surface area contributed by atoms with Crippen LogP contribution in [0, 0.1) is 0 Å². The van der Waals surface area contributed by atoms with Gasteiger partial charge in [0.2, 0.25) is 5.91 Å². The number of nitrogens with zero attached hydrogens (tertiary/aromatic N) is 1. The summed E-state index contributed by atoms with van der Waals surface area (Å²) < 4.78 is 0. The highest BCUT2D eigenvalue weighted by Crippen LogP contribution is 2.20. The lowest BCUT2D eigenvalue weighted by Crippen LogP contribution is -2.42. The topological polar surface area (TPSA) is 32.3 Å². The van der Waals surface area contributed by atoms with Crippen LogP contribution in [-0.4, -0.2) is 29.1 Å². The number of carbonyl (C=O) groups is 1. The van der Waals surface area contributed by atoms with Gasteiger partial charge in [-0.2, -0.15) is 0 Å². The third-order valence-corrected chi connectivity index (χ3v) is 3.31. The van der Waals surface area contributed by atoms with E-state index in [9.17, 15) is 4.79 Å². The fraction of sp³-hybridized carbons (Fsp3) is 0.917. The summed E-state index contributed by atoms with van der Waals surface area (Å²) in [6.45, 7) is 8.50. The first-order valence-electron chi connectivity index (χ1n) is 6.23. The van der Waals surface area contributed by atoms with Crippen LogP contribution in [0.3, 0.4) is 0 Å². The van der Waals surface area contributed by atoms with E-state index in [1.165, 1.54) is 0 Å². The van der Waals surface area contributed by atoms with Crippen molar-refractivity contribution >= 4 is 5.91 Å². The Morgan fingerprint density at radius 1 is 1.40 bits per heavy atom. The van der Waals surface area contributed by atoms with Gasteiger partial charge in [-0.15, -0.1) is 0 Å². The Labute approximate surface area is 93.2 Å². The first-order valence-corrected chi connectivity index (χ1v) is 6.23. The molecule has 0 aliphatic carbocycles. The van der Waals surface area contributed by atoms with Gasteiger partial charge in [0.05, 0.1) is 12.2 Å². The van der Waals surface area contributed by atoms with Crippen LogP contribution in [-0.2, 0) is 4.79 Å². The van der Waals surface area contributed by atoms with Gasteiger partial charge in [-0.3, -0.25) is 10.1 Å². The average Bonchev–Trinajstić information content (AvgIpc) is 2.51. The van der Waals surface area contributed by atoms with Gasteiger partial charge >= 0.3 is 0 Å². The van der Waals surface area contributed by atoms with Gasteiger partial charge in [-0.25, -0.2) is 0 Å². The average molecular weight is 212 g/mol. The van der Waals surface area contributed by atoms with Gasteiger partial charge in [0, 0.05) is 6.04 Å². The lowest BCUT2D eigenvalue weighted by atomic mass is 10.1. The Hall–Kier alpha value is -0.570. The molecule has 0 aromatic carbocycles. The molecule has 3 unspecified atom stereocenters. The molecule has 0 spiro atoms. The summed E-state index contributed by atoms with van der Waals surface area (Å²) in [5.41, 5.74) is 0. The molecule has 3 heteroatoms. The van der Waals surface area contributed by atoms with Crippen molar-refractivity contribution in [3.8, 4) is 0 Å². The summed E-state index contributed by atoms with van der Waals surface area (Å²) in [6, 6.07) is 0.465. The highest BCUT2D eigenvalue weighted by Gasteiger charge is 2.38. The molecule has 1 saturated heterocycles. The van der Waals surface area contributed by atoms with Gasteiger partial charge in [0.25, 0.3) is 0 Å². The molecular formula is C12H24N2O. The fourth-order valence-electron chi connectivity index (χ4n) is 2.48. The van der Waals surface area contributed by atoms with E-state index >= 15 is 0 Å². The molecule has 0 aromatic rings. The second-order valence-electron chi connectivity index (χ2n) is 4.40. The zero-order valence-electron chi connectivity index (χ0n) is 10.4. The number of hydrogen-bond donors (Lipinski definition) is 1. The Kier molecular flexibility index (Phi) is 4.58. The molecule has 3 nitrogen and oxygen atoms in total. The molecule has 1 fully saturated rings. The van der Waals surface area contributed by atoms with Crippen LogP contribution in [0.5, 0.6) is 0 Å². The molecule has 15 heavy (non-hydrogen) atoms. The van der Waals surface area contributed by atoms with Gasteiger partial charge in [0.15, 0.2) is 0 Å². The van der Waals surface area contributed by atoms with E-state index < -0.39 is 0 Å². The van der Waals surface area contributed by atoms with E-state index in [-0.39, 0.29) is 12.2 Å². The van der Waals surface area contributed by atoms with Crippen molar-refractivity contribution in [2.24, 2.45) is 0 Å². The van der Waals surface area contributed by atoms with E-state index in [4.69, 9.17) is 0 Å². The summed E-state index contributed by atoms with van der Waals surface area (Å²) in [4.78, 5) is 14.1. The van der Waals surface area contributed by atoms with E-state index in [2.05, 4.69) is 37.9 Å². The fourth-order valence-corrected chi connectivity index (χ4v) is 2.48. The van der Waals surface area contributed by atoms with Crippen molar-refractivity contribution in [1.82, 2.24) is 10.2 Å². The van der Waals surface area contributed by atoms with Crippen molar-refractivity contribution < 1.29 is 4.79 Å². The molecule has 88 valence electrons. The molecule has 0 aromatic heterocycles. The molecule has 0 saturated carbocycles.